The van der Waals surface area contributed by atoms with Crippen molar-refractivity contribution in [2.75, 3.05) is 32.8 Å². The number of rotatable bonds is 6. The molecule has 0 saturated carbocycles. The summed E-state index contributed by atoms with van der Waals surface area (Å²) in [6, 6.07) is 16.4. The number of ether oxygens (including phenoxy) is 1. The number of aryl methyl sites for hydroxylation is 1. The molecule has 1 aliphatic rings. The lowest BCUT2D eigenvalue weighted by molar-refractivity contribution is 0.0162. The number of benzene rings is 2. The van der Waals surface area contributed by atoms with Gasteiger partial charge in [-0.1, -0.05) is 45.8 Å². The van der Waals surface area contributed by atoms with Crippen LogP contribution in [0.1, 0.15) is 27.5 Å². The second kappa shape index (κ2) is 9.55. The van der Waals surface area contributed by atoms with Crippen LogP contribution in [0.3, 0.4) is 0 Å². The lowest BCUT2D eigenvalue weighted by Gasteiger charge is -2.35. The average Bonchev–Trinajstić information content (AvgIpc) is 3.25. The fourth-order valence-corrected chi connectivity index (χ4v) is 3.96. The zero-order valence-electron chi connectivity index (χ0n) is 16.9. The SMILES string of the molecule is Cc1cccc(C(CNC(=O)c2cnn(-c3ccc(Br)cc3)c2)N2CCOCC2)c1. The van der Waals surface area contributed by atoms with E-state index in [-0.39, 0.29) is 11.9 Å². The van der Waals surface area contributed by atoms with Crippen molar-refractivity contribution in [3.8, 4) is 5.69 Å². The molecule has 0 radical (unpaired) electrons. The maximum atomic E-state index is 12.8. The molecule has 1 fully saturated rings. The summed E-state index contributed by atoms with van der Waals surface area (Å²) in [4.78, 5) is 15.2. The maximum Gasteiger partial charge on any atom is 0.254 e. The minimum atomic E-state index is -0.121. The van der Waals surface area contributed by atoms with Crippen LogP contribution in [-0.4, -0.2) is 53.4 Å². The summed E-state index contributed by atoms with van der Waals surface area (Å²) in [7, 11) is 0. The van der Waals surface area contributed by atoms with Gasteiger partial charge in [-0.05, 0) is 36.8 Å². The fraction of sp³-hybridized carbons (Fsp3) is 0.304. The number of halogens is 1. The summed E-state index contributed by atoms with van der Waals surface area (Å²) in [5.74, 6) is -0.121. The van der Waals surface area contributed by atoms with Gasteiger partial charge in [0, 0.05) is 30.3 Å². The molecule has 0 bridgehead atoms. The van der Waals surface area contributed by atoms with Crippen molar-refractivity contribution < 1.29 is 9.53 Å². The topological polar surface area (TPSA) is 59.4 Å². The third kappa shape index (κ3) is 4.98. The standard InChI is InChI=1S/C23H25BrN4O2/c1-17-3-2-4-18(13-17)22(27-9-11-30-12-10-27)15-25-23(29)19-14-26-28(16-19)21-7-5-20(24)6-8-21/h2-8,13-14,16,22H,9-12,15H2,1H3,(H,25,29). The molecule has 0 aliphatic carbocycles. The van der Waals surface area contributed by atoms with Gasteiger partial charge >= 0.3 is 0 Å². The number of aromatic nitrogens is 2. The Balaban J connectivity index is 1.46. The van der Waals surface area contributed by atoms with Crippen LogP contribution in [0.5, 0.6) is 0 Å². The van der Waals surface area contributed by atoms with Crippen molar-refractivity contribution in [2.24, 2.45) is 0 Å². The van der Waals surface area contributed by atoms with E-state index in [4.69, 9.17) is 4.74 Å². The minimum absolute atomic E-state index is 0.110. The fourth-order valence-electron chi connectivity index (χ4n) is 3.69. The van der Waals surface area contributed by atoms with Crippen LogP contribution in [0.15, 0.2) is 65.4 Å². The summed E-state index contributed by atoms with van der Waals surface area (Å²) >= 11 is 3.43. The Morgan fingerprint density at radius 1 is 1.20 bits per heavy atom. The van der Waals surface area contributed by atoms with Crippen LogP contribution in [0, 0.1) is 6.92 Å². The maximum absolute atomic E-state index is 12.8. The van der Waals surface area contributed by atoms with Crippen molar-refractivity contribution in [3.63, 3.8) is 0 Å². The highest BCUT2D eigenvalue weighted by Gasteiger charge is 2.23. The molecule has 3 aromatic rings. The molecule has 1 N–H and O–H groups in total. The predicted octanol–water partition coefficient (Wildman–Crippen LogP) is 3.75. The first-order chi connectivity index (χ1) is 14.6. The van der Waals surface area contributed by atoms with Crippen molar-refractivity contribution in [2.45, 2.75) is 13.0 Å². The van der Waals surface area contributed by atoms with Crippen molar-refractivity contribution in [3.05, 3.63) is 82.1 Å². The van der Waals surface area contributed by atoms with E-state index in [9.17, 15) is 4.79 Å². The molecule has 2 aromatic carbocycles. The largest absolute Gasteiger partial charge is 0.379 e. The second-order valence-electron chi connectivity index (χ2n) is 7.44. The quantitative estimate of drug-likeness (QED) is 0.598. The smallest absolute Gasteiger partial charge is 0.254 e. The lowest BCUT2D eigenvalue weighted by Crippen LogP contribution is -2.43. The molecule has 1 aliphatic heterocycles. The molecule has 1 amide bonds. The van der Waals surface area contributed by atoms with E-state index in [2.05, 4.69) is 62.4 Å². The van der Waals surface area contributed by atoms with E-state index in [1.807, 2.05) is 24.3 Å². The van der Waals surface area contributed by atoms with Crippen molar-refractivity contribution in [1.29, 1.82) is 0 Å². The molecule has 1 saturated heterocycles. The van der Waals surface area contributed by atoms with Crippen molar-refractivity contribution >= 4 is 21.8 Å². The van der Waals surface area contributed by atoms with E-state index in [1.165, 1.54) is 11.1 Å². The van der Waals surface area contributed by atoms with E-state index in [0.29, 0.717) is 12.1 Å². The Hall–Kier alpha value is -2.48. The highest BCUT2D eigenvalue weighted by molar-refractivity contribution is 9.10. The second-order valence-corrected chi connectivity index (χ2v) is 8.35. The summed E-state index contributed by atoms with van der Waals surface area (Å²) in [6.07, 6.45) is 3.36. The third-order valence-electron chi connectivity index (χ3n) is 5.31. The molecule has 7 heteroatoms. The lowest BCUT2D eigenvalue weighted by atomic mass is 10.0. The Morgan fingerprint density at radius 2 is 1.97 bits per heavy atom. The number of carbonyl (C=O) groups excluding carboxylic acids is 1. The number of nitrogens with zero attached hydrogens (tertiary/aromatic N) is 3. The summed E-state index contributed by atoms with van der Waals surface area (Å²) in [5.41, 5.74) is 3.88. The molecule has 2 heterocycles. The summed E-state index contributed by atoms with van der Waals surface area (Å²) in [6.45, 7) is 5.78. The van der Waals surface area contributed by atoms with Gasteiger partial charge in [0.15, 0.2) is 0 Å². The highest BCUT2D eigenvalue weighted by Crippen LogP contribution is 2.22. The summed E-state index contributed by atoms with van der Waals surface area (Å²) in [5, 5.41) is 7.44. The van der Waals surface area contributed by atoms with Gasteiger partial charge in [0.2, 0.25) is 0 Å². The first-order valence-electron chi connectivity index (χ1n) is 10.1. The van der Waals surface area contributed by atoms with Crippen molar-refractivity contribution in [1.82, 2.24) is 20.0 Å². The Kier molecular flexibility index (Phi) is 6.62. The number of carbonyl (C=O) groups is 1. The molecule has 4 rings (SSSR count). The van der Waals surface area contributed by atoms with E-state index in [1.54, 1.807) is 17.1 Å². The van der Waals surface area contributed by atoms with Gasteiger partial charge in [0.05, 0.1) is 36.7 Å². The highest BCUT2D eigenvalue weighted by atomic mass is 79.9. The van der Waals surface area contributed by atoms with Gasteiger partial charge in [-0.15, -0.1) is 0 Å². The molecule has 156 valence electrons. The van der Waals surface area contributed by atoms with E-state index < -0.39 is 0 Å². The van der Waals surface area contributed by atoms with Crippen LogP contribution in [0.2, 0.25) is 0 Å². The van der Waals surface area contributed by atoms with Crippen LogP contribution >= 0.6 is 15.9 Å². The normalized spacial score (nSPS) is 15.7. The van der Waals surface area contributed by atoms with Crippen LogP contribution in [-0.2, 0) is 4.74 Å². The van der Waals surface area contributed by atoms with Crippen LogP contribution in [0.25, 0.3) is 5.69 Å². The number of nitrogens with one attached hydrogen (secondary N) is 1. The summed E-state index contributed by atoms with van der Waals surface area (Å²) < 4.78 is 8.22. The number of hydrogen-bond donors (Lipinski definition) is 1. The molecule has 30 heavy (non-hydrogen) atoms. The van der Waals surface area contributed by atoms with Crippen LogP contribution < -0.4 is 5.32 Å². The zero-order valence-corrected chi connectivity index (χ0v) is 18.5. The average molecular weight is 469 g/mol. The first kappa shape index (κ1) is 20.8. The van der Waals surface area contributed by atoms with Gasteiger partial charge < -0.3 is 10.1 Å². The molecular formula is C23H25BrN4O2. The zero-order chi connectivity index (χ0) is 20.9. The first-order valence-corrected chi connectivity index (χ1v) is 10.9. The van der Waals surface area contributed by atoms with Crippen LogP contribution in [0.4, 0.5) is 0 Å². The van der Waals surface area contributed by atoms with Gasteiger partial charge in [-0.25, -0.2) is 4.68 Å². The Morgan fingerprint density at radius 3 is 2.70 bits per heavy atom. The van der Waals surface area contributed by atoms with Gasteiger partial charge in [-0.2, -0.15) is 5.10 Å². The van der Waals surface area contributed by atoms with E-state index in [0.717, 1.165) is 36.5 Å². The molecule has 6 nitrogen and oxygen atoms in total. The molecule has 1 aromatic heterocycles. The van der Waals surface area contributed by atoms with E-state index >= 15 is 0 Å². The van der Waals surface area contributed by atoms with Gasteiger partial charge in [-0.3, -0.25) is 9.69 Å². The Labute approximate surface area is 185 Å². The van der Waals surface area contributed by atoms with Gasteiger partial charge in [0.1, 0.15) is 0 Å². The van der Waals surface area contributed by atoms with Gasteiger partial charge in [0.25, 0.3) is 5.91 Å². The number of morpholine rings is 1. The number of amides is 1. The molecule has 1 atom stereocenters. The monoisotopic (exact) mass is 468 g/mol. The number of hydrogen-bond acceptors (Lipinski definition) is 4. The third-order valence-corrected chi connectivity index (χ3v) is 5.83. The molecule has 1 unspecified atom stereocenters. The molecule has 0 spiro atoms. The minimum Gasteiger partial charge on any atom is -0.379 e. The molecular weight excluding hydrogens is 444 g/mol. The Bertz CT molecular complexity index is 996. The predicted molar refractivity (Wildman–Crippen MR) is 120 cm³/mol.